The highest BCUT2D eigenvalue weighted by molar-refractivity contribution is 6.32. The van der Waals surface area contributed by atoms with E-state index in [2.05, 4.69) is 21.6 Å². The monoisotopic (exact) mass is 441 g/mol. The van der Waals surface area contributed by atoms with E-state index in [1.807, 2.05) is 6.07 Å². The molecule has 0 radical (unpaired) electrons. The van der Waals surface area contributed by atoms with Gasteiger partial charge < -0.3 is 20.1 Å². The molecule has 1 aliphatic rings. The number of ether oxygens (including phenoxy) is 1. The third kappa shape index (κ3) is 4.20. The van der Waals surface area contributed by atoms with Crippen LogP contribution >= 0.6 is 11.6 Å². The van der Waals surface area contributed by atoms with E-state index in [0.29, 0.717) is 46.4 Å². The largest absolute Gasteiger partial charge is 0.495 e. The molecule has 0 amide bonds. The van der Waals surface area contributed by atoms with Crippen molar-refractivity contribution in [2.75, 3.05) is 37.0 Å². The Hall–Kier alpha value is -3.15. The first-order valence-electron chi connectivity index (χ1n) is 9.78. The molecule has 2 N–H and O–H groups in total. The minimum Gasteiger partial charge on any atom is -0.495 e. The molecular formula is C22H21ClFN5O2. The summed E-state index contributed by atoms with van der Waals surface area (Å²) >= 11 is 6.20. The number of alkyl halides is 1. The zero-order valence-electron chi connectivity index (χ0n) is 16.9. The second-order valence-corrected chi connectivity index (χ2v) is 7.95. The third-order valence-electron chi connectivity index (χ3n) is 5.45. The van der Waals surface area contributed by atoms with Gasteiger partial charge in [-0.2, -0.15) is 5.26 Å². The van der Waals surface area contributed by atoms with Crippen LogP contribution in [-0.4, -0.2) is 47.8 Å². The molecule has 9 heteroatoms. The Balaban J connectivity index is 1.66. The number of fused-ring (bicyclic) bond motifs is 1. The van der Waals surface area contributed by atoms with Crippen molar-refractivity contribution in [2.45, 2.75) is 18.6 Å². The number of aliphatic hydroxyl groups excluding tert-OH is 1. The van der Waals surface area contributed by atoms with Gasteiger partial charge in [0.25, 0.3) is 0 Å². The zero-order valence-corrected chi connectivity index (χ0v) is 17.7. The van der Waals surface area contributed by atoms with Gasteiger partial charge in [0.1, 0.15) is 5.75 Å². The number of nitrogens with one attached hydrogen (secondary N) is 1. The number of anilines is 2. The standard InChI is InChI=1S/C22H21ClFN5O2/c1-31-19-5-3-15(9-18(19)23)11-26-20-17-8-14(10-25)2-4-16(17)21(28-27-20)29-7-6-22(24,12-29)13-30/h2-5,8-9,30H,6-7,11-13H2,1H3,(H,26,27). The smallest absolute Gasteiger partial charge is 0.159 e. The predicted molar refractivity (Wildman–Crippen MR) is 117 cm³/mol. The number of rotatable bonds is 6. The van der Waals surface area contributed by atoms with Crippen molar-refractivity contribution in [2.24, 2.45) is 0 Å². The molecular weight excluding hydrogens is 421 g/mol. The molecule has 0 aliphatic carbocycles. The van der Waals surface area contributed by atoms with E-state index in [1.54, 1.807) is 42.3 Å². The lowest BCUT2D eigenvalue weighted by Gasteiger charge is -2.21. The highest BCUT2D eigenvalue weighted by Crippen LogP contribution is 2.35. The topological polar surface area (TPSA) is 94.3 Å². The summed E-state index contributed by atoms with van der Waals surface area (Å²) in [5.41, 5.74) is -0.241. The van der Waals surface area contributed by atoms with Gasteiger partial charge >= 0.3 is 0 Å². The Bertz CT molecular complexity index is 1170. The van der Waals surface area contributed by atoms with Crippen molar-refractivity contribution in [1.82, 2.24) is 10.2 Å². The van der Waals surface area contributed by atoms with Crippen LogP contribution in [0.2, 0.25) is 5.02 Å². The molecule has 2 heterocycles. The molecule has 2 aromatic carbocycles. The van der Waals surface area contributed by atoms with Gasteiger partial charge in [-0.1, -0.05) is 17.7 Å². The Morgan fingerprint density at radius 3 is 2.81 bits per heavy atom. The van der Waals surface area contributed by atoms with Gasteiger partial charge in [0.2, 0.25) is 0 Å². The fraction of sp³-hybridized carbons (Fsp3) is 0.318. The summed E-state index contributed by atoms with van der Waals surface area (Å²) in [6, 6.07) is 12.9. The van der Waals surface area contributed by atoms with E-state index in [1.165, 1.54) is 0 Å². The molecule has 1 unspecified atom stereocenters. The first-order valence-corrected chi connectivity index (χ1v) is 10.2. The lowest BCUT2D eigenvalue weighted by Crippen LogP contribution is -2.32. The van der Waals surface area contributed by atoms with Crippen LogP contribution in [0, 0.1) is 11.3 Å². The molecule has 1 fully saturated rings. The number of nitriles is 1. The van der Waals surface area contributed by atoms with Crippen LogP contribution in [0.5, 0.6) is 5.75 Å². The van der Waals surface area contributed by atoms with Crippen LogP contribution in [0.1, 0.15) is 17.5 Å². The number of hydrogen-bond donors (Lipinski definition) is 2. The number of aliphatic hydroxyl groups is 1. The molecule has 3 aromatic rings. The maximum absolute atomic E-state index is 14.6. The van der Waals surface area contributed by atoms with Gasteiger partial charge in [-0.05, 0) is 35.9 Å². The van der Waals surface area contributed by atoms with Crippen molar-refractivity contribution in [1.29, 1.82) is 5.26 Å². The number of halogens is 2. The first kappa shape index (κ1) is 21.1. The Labute approximate surface area is 184 Å². The van der Waals surface area contributed by atoms with Crippen LogP contribution < -0.4 is 15.0 Å². The quantitative estimate of drug-likeness (QED) is 0.602. The minimum atomic E-state index is -1.65. The second-order valence-electron chi connectivity index (χ2n) is 7.55. The SMILES string of the molecule is COc1ccc(CNc2nnc(N3CCC(F)(CO)C3)c3ccc(C#N)cc23)cc1Cl. The first-order chi connectivity index (χ1) is 15.0. The second kappa shape index (κ2) is 8.53. The molecule has 160 valence electrons. The van der Waals surface area contributed by atoms with Crippen LogP contribution in [0.4, 0.5) is 16.0 Å². The zero-order chi connectivity index (χ0) is 22.0. The van der Waals surface area contributed by atoms with E-state index >= 15 is 0 Å². The van der Waals surface area contributed by atoms with E-state index in [-0.39, 0.29) is 13.0 Å². The number of benzene rings is 2. The molecule has 1 atom stereocenters. The Kier molecular flexibility index (Phi) is 5.81. The van der Waals surface area contributed by atoms with E-state index in [4.69, 9.17) is 16.3 Å². The van der Waals surface area contributed by atoms with Gasteiger partial charge in [-0.3, -0.25) is 0 Å². The maximum Gasteiger partial charge on any atom is 0.159 e. The highest BCUT2D eigenvalue weighted by atomic mass is 35.5. The van der Waals surface area contributed by atoms with Gasteiger partial charge in [0, 0.05) is 30.3 Å². The fourth-order valence-corrected chi connectivity index (χ4v) is 4.01. The van der Waals surface area contributed by atoms with Gasteiger partial charge in [0.15, 0.2) is 17.3 Å². The number of aromatic nitrogens is 2. The Morgan fingerprint density at radius 2 is 2.13 bits per heavy atom. The summed E-state index contributed by atoms with van der Waals surface area (Å²) in [5.74, 6) is 1.64. The molecule has 0 saturated carbocycles. The van der Waals surface area contributed by atoms with Crippen LogP contribution in [0.15, 0.2) is 36.4 Å². The molecule has 7 nitrogen and oxygen atoms in total. The van der Waals surface area contributed by atoms with E-state index < -0.39 is 12.3 Å². The molecule has 1 aliphatic heterocycles. The van der Waals surface area contributed by atoms with Crippen LogP contribution in [0.25, 0.3) is 10.8 Å². The Morgan fingerprint density at radius 1 is 1.29 bits per heavy atom. The van der Waals surface area contributed by atoms with Crippen molar-refractivity contribution in [3.8, 4) is 11.8 Å². The summed E-state index contributed by atoms with van der Waals surface area (Å²) in [6.07, 6.45) is 0.223. The van der Waals surface area contributed by atoms with Crippen molar-refractivity contribution < 1.29 is 14.2 Å². The number of hydrogen-bond acceptors (Lipinski definition) is 7. The lowest BCUT2D eigenvalue weighted by atomic mass is 10.1. The van der Waals surface area contributed by atoms with Gasteiger partial charge in [-0.15, -0.1) is 10.2 Å². The van der Waals surface area contributed by atoms with Gasteiger partial charge in [0.05, 0.1) is 36.9 Å². The minimum absolute atomic E-state index is 0.0460. The highest BCUT2D eigenvalue weighted by Gasteiger charge is 2.39. The lowest BCUT2D eigenvalue weighted by molar-refractivity contribution is 0.0909. The molecule has 0 spiro atoms. The van der Waals surface area contributed by atoms with Crippen molar-refractivity contribution >= 4 is 34.0 Å². The van der Waals surface area contributed by atoms with E-state index in [9.17, 15) is 14.8 Å². The molecule has 0 bridgehead atoms. The average Bonchev–Trinajstić information content (AvgIpc) is 3.19. The molecule has 1 aromatic heterocycles. The summed E-state index contributed by atoms with van der Waals surface area (Å²) in [4.78, 5) is 1.78. The molecule has 4 rings (SSSR count). The van der Waals surface area contributed by atoms with Crippen LogP contribution in [-0.2, 0) is 6.54 Å². The summed E-state index contributed by atoms with van der Waals surface area (Å²) in [7, 11) is 1.56. The number of nitrogens with zero attached hydrogens (tertiary/aromatic N) is 4. The summed E-state index contributed by atoms with van der Waals surface area (Å²) in [5, 5.41) is 32.6. The number of methoxy groups -OCH3 is 1. The normalized spacial score (nSPS) is 18.2. The van der Waals surface area contributed by atoms with Gasteiger partial charge in [-0.25, -0.2) is 4.39 Å². The average molecular weight is 442 g/mol. The van der Waals surface area contributed by atoms with Crippen molar-refractivity contribution in [3.63, 3.8) is 0 Å². The molecule has 31 heavy (non-hydrogen) atoms. The van der Waals surface area contributed by atoms with Crippen molar-refractivity contribution in [3.05, 3.63) is 52.5 Å². The summed E-state index contributed by atoms with van der Waals surface area (Å²) in [6.45, 7) is 0.380. The fourth-order valence-electron chi connectivity index (χ4n) is 3.72. The van der Waals surface area contributed by atoms with Crippen LogP contribution in [0.3, 0.4) is 0 Å². The van der Waals surface area contributed by atoms with E-state index in [0.717, 1.165) is 10.9 Å². The molecule has 1 saturated heterocycles. The summed E-state index contributed by atoms with van der Waals surface area (Å²) < 4.78 is 19.7. The predicted octanol–water partition coefficient (Wildman–Crippen LogP) is 3.69. The third-order valence-corrected chi connectivity index (χ3v) is 5.75. The maximum atomic E-state index is 14.6.